The van der Waals surface area contributed by atoms with Crippen LogP contribution in [0.1, 0.15) is 24.0 Å². The van der Waals surface area contributed by atoms with E-state index in [2.05, 4.69) is 34.5 Å². The molecule has 0 radical (unpaired) electrons. The highest BCUT2D eigenvalue weighted by Gasteiger charge is 2.12. The fourth-order valence-electron chi connectivity index (χ4n) is 2.58. The number of hydrogen-bond acceptors (Lipinski definition) is 2. The Hall–Kier alpha value is -0.860. The van der Waals surface area contributed by atoms with Crippen molar-refractivity contribution in [3.8, 4) is 0 Å². The molecule has 0 fully saturated rings. The summed E-state index contributed by atoms with van der Waals surface area (Å²) in [5.41, 5.74) is 3.12. The average molecular weight is 232 g/mol. The van der Waals surface area contributed by atoms with E-state index in [1.807, 2.05) is 7.05 Å². The number of hydrogen-bond donors (Lipinski definition) is 1. The van der Waals surface area contributed by atoms with E-state index in [0.29, 0.717) is 0 Å². The highest BCUT2D eigenvalue weighted by atomic mass is 15.1. The second kappa shape index (κ2) is 6.77. The standard InChI is InChI=1S/C15H24N2/c1-16-10-4-5-11-17-12-8-14-6-2-3-7-15(14)9-13-17/h2-3,6-7,16H,4-5,8-13H2,1H3. The first-order valence-electron chi connectivity index (χ1n) is 6.84. The zero-order valence-electron chi connectivity index (χ0n) is 10.9. The van der Waals surface area contributed by atoms with Crippen LogP contribution >= 0.6 is 0 Å². The third-order valence-electron chi connectivity index (χ3n) is 3.66. The highest BCUT2D eigenvalue weighted by Crippen LogP contribution is 2.15. The van der Waals surface area contributed by atoms with Crippen molar-refractivity contribution in [2.45, 2.75) is 25.7 Å². The zero-order chi connectivity index (χ0) is 11.9. The van der Waals surface area contributed by atoms with Crippen LogP contribution in [0, 0.1) is 0 Å². The van der Waals surface area contributed by atoms with Gasteiger partial charge in [0.25, 0.3) is 0 Å². The smallest absolute Gasteiger partial charge is 0.00221 e. The third-order valence-corrected chi connectivity index (χ3v) is 3.66. The summed E-state index contributed by atoms with van der Waals surface area (Å²) in [4.78, 5) is 2.62. The first-order chi connectivity index (χ1) is 8.40. The van der Waals surface area contributed by atoms with E-state index in [1.165, 1.54) is 45.3 Å². The van der Waals surface area contributed by atoms with Crippen LogP contribution in [0.5, 0.6) is 0 Å². The van der Waals surface area contributed by atoms with Crippen molar-refractivity contribution in [2.24, 2.45) is 0 Å². The molecule has 0 aromatic heterocycles. The molecular weight excluding hydrogens is 208 g/mol. The SMILES string of the molecule is CNCCCCN1CCc2ccccc2CC1. The van der Waals surface area contributed by atoms with Crippen LogP contribution in [0.4, 0.5) is 0 Å². The van der Waals surface area contributed by atoms with E-state index in [-0.39, 0.29) is 0 Å². The lowest BCUT2D eigenvalue weighted by Gasteiger charge is -2.19. The van der Waals surface area contributed by atoms with Gasteiger partial charge in [-0.2, -0.15) is 0 Å². The summed E-state index contributed by atoms with van der Waals surface area (Å²) in [7, 11) is 2.03. The number of unbranched alkanes of at least 4 members (excludes halogenated alkanes) is 1. The van der Waals surface area contributed by atoms with Crippen molar-refractivity contribution < 1.29 is 0 Å². The monoisotopic (exact) mass is 232 g/mol. The van der Waals surface area contributed by atoms with Crippen molar-refractivity contribution >= 4 is 0 Å². The topological polar surface area (TPSA) is 15.3 Å². The van der Waals surface area contributed by atoms with Gasteiger partial charge in [-0.25, -0.2) is 0 Å². The quantitative estimate of drug-likeness (QED) is 0.782. The van der Waals surface area contributed by atoms with Gasteiger partial charge in [-0.1, -0.05) is 24.3 Å². The third kappa shape index (κ3) is 3.83. The van der Waals surface area contributed by atoms with Gasteiger partial charge in [-0.15, -0.1) is 0 Å². The maximum Gasteiger partial charge on any atom is 0.00221 e. The van der Waals surface area contributed by atoms with Crippen LogP contribution in [0.2, 0.25) is 0 Å². The van der Waals surface area contributed by atoms with E-state index in [0.717, 1.165) is 6.54 Å². The van der Waals surface area contributed by atoms with Gasteiger partial charge < -0.3 is 10.2 Å². The first kappa shape index (κ1) is 12.6. The minimum atomic E-state index is 1.15. The maximum atomic E-state index is 3.21. The lowest BCUT2D eigenvalue weighted by atomic mass is 10.0. The number of benzene rings is 1. The molecule has 1 aromatic rings. The van der Waals surface area contributed by atoms with Crippen molar-refractivity contribution in [2.75, 3.05) is 33.2 Å². The molecule has 0 saturated carbocycles. The van der Waals surface area contributed by atoms with Crippen LogP contribution in [0.3, 0.4) is 0 Å². The first-order valence-corrected chi connectivity index (χ1v) is 6.84. The van der Waals surface area contributed by atoms with Crippen LogP contribution < -0.4 is 5.32 Å². The molecule has 0 unspecified atom stereocenters. The number of nitrogens with zero attached hydrogens (tertiary/aromatic N) is 1. The second-order valence-electron chi connectivity index (χ2n) is 4.92. The summed E-state index contributed by atoms with van der Waals surface area (Å²) < 4.78 is 0. The zero-order valence-corrected chi connectivity index (χ0v) is 10.9. The molecule has 17 heavy (non-hydrogen) atoms. The molecule has 1 heterocycles. The van der Waals surface area contributed by atoms with Gasteiger partial charge in [0.05, 0.1) is 0 Å². The average Bonchev–Trinajstić information content (AvgIpc) is 2.58. The number of nitrogens with one attached hydrogen (secondary N) is 1. The summed E-state index contributed by atoms with van der Waals surface area (Å²) in [6.45, 7) is 4.87. The van der Waals surface area contributed by atoms with Gasteiger partial charge in [0.1, 0.15) is 0 Å². The molecule has 0 atom stereocenters. The molecule has 2 rings (SSSR count). The molecule has 1 aliphatic heterocycles. The van der Waals surface area contributed by atoms with Gasteiger partial charge in [0.2, 0.25) is 0 Å². The molecule has 0 spiro atoms. The molecular formula is C15H24N2. The summed E-state index contributed by atoms with van der Waals surface area (Å²) in [5, 5.41) is 3.21. The molecule has 0 aliphatic carbocycles. The Balaban J connectivity index is 1.78. The minimum absolute atomic E-state index is 1.15. The van der Waals surface area contributed by atoms with E-state index in [9.17, 15) is 0 Å². The molecule has 2 heteroatoms. The normalized spacial score (nSPS) is 16.5. The number of fused-ring (bicyclic) bond motifs is 1. The summed E-state index contributed by atoms with van der Waals surface area (Å²) in [6.07, 6.45) is 5.06. The Morgan fingerprint density at radius 3 is 2.29 bits per heavy atom. The highest BCUT2D eigenvalue weighted by molar-refractivity contribution is 5.28. The molecule has 1 aromatic carbocycles. The predicted molar refractivity (Wildman–Crippen MR) is 73.5 cm³/mol. The summed E-state index contributed by atoms with van der Waals surface area (Å²) in [5.74, 6) is 0. The Labute approximate surface area is 105 Å². The van der Waals surface area contributed by atoms with E-state index < -0.39 is 0 Å². The lowest BCUT2D eigenvalue weighted by molar-refractivity contribution is 0.281. The fourth-order valence-corrected chi connectivity index (χ4v) is 2.58. The summed E-state index contributed by atoms with van der Waals surface area (Å²) in [6, 6.07) is 8.92. The maximum absolute atomic E-state index is 3.21. The van der Waals surface area contributed by atoms with Crippen molar-refractivity contribution in [1.82, 2.24) is 10.2 Å². The Morgan fingerprint density at radius 2 is 1.71 bits per heavy atom. The van der Waals surface area contributed by atoms with Crippen LogP contribution in [0.15, 0.2) is 24.3 Å². The van der Waals surface area contributed by atoms with Gasteiger partial charge in [0, 0.05) is 13.1 Å². The second-order valence-corrected chi connectivity index (χ2v) is 4.92. The van der Waals surface area contributed by atoms with Crippen molar-refractivity contribution in [3.63, 3.8) is 0 Å². The summed E-state index contributed by atoms with van der Waals surface area (Å²) >= 11 is 0. The van der Waals surface area contributed by atoms with Crippen molar-refractivity contribution in [1.29, 1.82) is 0 Å². The Kier molecular flexibility index (Phi) is 5.02. The molecule has 0 amide bonds. The minimum Gasteiger partial charge on any atom is -0.320 e. The van der Waals surface area contributed by atoms with Crippen molar-refractivity contribution in [3.05, 3.63) is 35.4 Å². The van der Waals surface area contributed by atoms with Crippen LogP contribution in [-0.4, -0.2) is 38.1 Å². The predicted octanol–water partition coefficient (Wildman–Crippen LogP) is 2.09. The molecule has 1 N–H and O–H groups in total. The Morgan fingerprint density at radius 1 is 1.06 bits per heavy atom. The molecule has 0 saturated heterocycles. The molecule has 0 bridgehead atoms. The number of rotatable bonds is 5. The van der Waals surface area contributed by atoms with Crippen LogP contribution in [-0.2, 0) is 12.8 Å². The van der Waals surface area contributed by atoms with Gasteiger partial charge in [0.15, 0.2) is 0 Å². The van der Waals surface area contributed by atoms with Gasteiger partial charge in [-0.05, 0) is 56.9 Å². The molecule has 2 nitrogen and oxygen atoms in total. The Bertz CT molecular complexity index is 308. The van der Waals surface area contributed by atoms with E-state index in [1.54, 1.807) is 11.1 Å². The fraction of sp³-hybridized carbons (Fsp3) is 0.600. The molecule has 1 aliphatic rings. The van der Waals surface area contributed by atoms with Gasteiger partial charge in [-0.3, -0.25) is 0 Å². The van der Waals surface area contributed by atoms with Crippen LogP contribution in [0.25, 0.3) is 0 Å². The lowest BCUT2D eigenvalue weighted by Crippen LogP contribution is -2.28. The van der Waals surface area contributed by atoms with Gasteiger partial charge >= 0.3 is 0 Å². The van der Waals surface area contributed by atoms with E-state index in [4.69, 9.17) is 0 Å². The molecule has 94 valence electrons. The van der Waals surface area contributed by atoms with E-state index >= 15 is 0 Å². The largest absolute Gasteiger partial charge is 0.320 e.